The molecule has 1 amide bonds. The Kier molecular flexibility index (Phi) is 29.9. The number of aromatic carboxylic acids is 2. The molecule has 27 heteroatoms. The maximum Gasteiger partial charge on any atom is 0.340 e. The molecular weight excluding hydrogens is 1390 g/mol. The fraction of sp³-hybridized carbons (Fsp3) is 0.262. The van der Waals surface area contributed by atoms with Crippen molar-refractivity contribution in [2.45, 2.75) is 53.8 Å². The summed E-state index contributed by atoms with van der Waals surface area (Å²) in [6.07, 6.45) is 9.19. The van der Waals surface area contributed by atoms with Crippen LogP contribution in [0.3, 0.4) is 0 Å². The molecule has 2 radical (unpaired) electrons. The number of ether oxygens (including phenoxy) is 2. The molecule has 19 nitrogen and oxygen atoms in total. The molecule has 0 bridgehead atoms. The van der Waals surface area contributed by atoms with Crippen LogP contribution in [-0.2, 0) is 94.5 Å². The first-order chi connectivity index (χ1) is 41.2. The number of carbonyl (C=O) groups excluding carboxylic acids is 2. The zero-order chi connectivity index (χ0) is 62.0. The van der Waals surface area contributed by atoms with Gasteiger partial charge in [-0.3, -0.25) is 33.8 Å². The second-order valence-corrected chi connectivity index (χ2v) is 23.4. The number of hydrogen-bond acceptors (Lipinski definition) is 19. The summed E-state index contributed by atoms with van der Waals surface area (Å²) in [6, 6.07) is 16.0. The van der Waals surface area contributed by atoms with Gasteiger partial charge < -0.3 is 40.0 Å². The number of fused-ring (bicyclic) bond motifs is 3. The summed E-state index contributed by atoms with van der Waals surface area (Å²) in [5.41, 5.74) is 6.26. The number of aromatic nitrogens is 5. The van der Waals surface area contributed by atoms with E-state index in [1.807, 2.05) is 50.4 Å². The van der Waals surface area contributed by atoms with Gasteiger partial charge in [0, 0.05) is 169 Å². The van der Waals surface area contributed by atoms with Crippen molar-refractivity contribution in [1.82, 2.24) is 40.0 Å². The number of aryl methyl sites for hydroxylation is 3. The maximum absolute atomic E-state index is 12.9. The molecule has 454 valence electrons. The second-order valence-electron chi connectivity index (χ2n) is 19.6. The third kappa shape index (κ3) is 21.1. The number of carbonyl (C=O) groups is 4. The van der Waals surface area contributed by atoms with Crippen LogP contribution >= 0.6 is 70.0 Å². The first-order valence-corrected chi connectivity index (χ1v) is 30.5. The van der Waals surface area contributed by atoms with Gasteiger partial charge in [0.1, 0.15) is 29.3 Å². The summed E-state index contributed by atoms with van der Waals surface area (Å²) < 4.78 is 11.5. The van der Waals surface area contributed by atoms with Crippen LogP contribution in [-0.4, -0.2) is 121 Å². The van der Waals surface area contributed by atoms with Gasteiger partial charge in [-0.2, -0.15) is 12.5 Å². The van der Waals surface area contributed by atoms with Gasteiger partial charge in [-0.15, -0.1) is 40.1 Å². The van der Waals surface area contributed by atoms with E-state index >= 15 is 0 Å². The first kappa shape index (κ1) is 73.3. The Bertz CT molecular complexity index is 4240. The predicted molar refractivity (Wildman–Crippen MR) is 343 cm³/mol. The van der Waals surface area contributed by atoms with Gasteiger partial charge in [0.15, 0.2) is 11.2 Å². The second kappa shape index (κ2) is 35.8. The molecule has 0 atom stereocenters. The van der Waals surface area contributed by atoms with E-state index in [4.69, 9.17) is 55.7 Å². The Morgan fingerprint density at radius 3 is 1.56 bits per heavy atom. The normalized spacial score (nSPS) is 12.8. The SMILES string of the molecule is CCC(=O)c1cc(C)c[nH]c1=S.Cc1c[nH]c(=S)c(C(=O)O)c1.O=C(NCc1ccc(Cl)cc1)c1csc2ncc(CN3CCOCC3)cc2c1=O.O=C(O)c1csc2ncc(CN3CCOCC3)cc2c1=O.[CH2-]c1cnc2scc(C)c(=O)c2c1.[Y].[Y]. The van der Waals surface area contributed by atoms with Gasteiger partial charge in [-0.05, 0) is 90.4 Å². The number of hydrogen-bond donors (Lipinski definition) is 5. The zero-order valence-electron chi connectivity index (χ0n) is 48.4. The minimum atomic E-state index is -1.20. The van der Waals surface area contributed by atoms with E-state index in [1.54, 1.807) is 73.6 Å². The quantitative estimate of drug-likeness (QED) is 0.0458. The summed E-state index contributed by atoms with van der Waals surface area (Å²) >= 11 is 19.6. The smallest absolute Gasteiger partial charge is 0.340 e. The third-order valence-electron chi connectivity index (χ3n) is 13.0. The number of benzene rings is 1. The van der Waals surface area contributed by atoms with E-state index in [2.05, 4.69) is 47.0 Å². The number of Topliss-reactive ketones (excluding diaryl/α,β-unsaturated/α-hetero) is 1. The Morgan fingerprint density at radius 2 is 1.07 bits per heavy atom. The average Bonchev–Trinajstić information content (AvgIpc) is 1.79. The number of carboxylic acid groups (broad SMARTS) is 2. The molecule has 5 N–H and O–H groups in total. The van der Waals surface area contributed by atoms with Gasteiger partial charge in [0.25, 0.3) is 5.91 Å². The molecule has 10 heterocycles. The zero-order valence-corrected chi connectivity index (χ0v) is 58.9. The Labute approximate surface area is 583 Å². The number of nitrogens with one attached hydrogen (secondary N) is 3. The molecule has 9 aromatic rings. The van der Waals surface area contributed by atoms with Crippen molar-refractivity contribution in [3.8, 4) is 0 Å². The van der Waals surface area contributed by atoms with Gasteiger partial charge in [0.05, 0.1) is 53.9 Å². The van der Waals surface area contributed by atoms with E-state index in [9.17, 15) is 33.6 Å². The van der Waals surface area contributed by atoms with Gasteiger partial charge in [-0.1, -0.05) is 61.3 Å². The number of halogens is 1. The minimum Gasteiger partial charge on any atom is -0.478 e. The van der Waals surface area contributed by atoms with Crippen molar-refractivity contribution in [2.24, 2.45) is 0 Å². The molecule has 2 saturated heterocycles. The minimum absolute atomic E-state index is 0. The number of carboxylic acids is 2. The molecule has 8 aromatic heterocycles. The molecule has 0 aliphatic carbocycles. The summed E-state index contributed by atoms with van der Waals surface area (Å²) in [7, 11) is 0. The summed E-state index contributed by atoms with van der Waals surface area (Å²) in [5, 5.41) is 27.4. The van der Waals surface area contributed by atoms with Crippen LogP contribution < -0.4 is 21.6 Å². The number of amides is 1. The van der Waals surface area contributed by atoms with Crippen molar-refractivity contribution in [2.75, 3.05) is 52.6 Å². The standard InChI is InChI=1S/C21H20ClN3O3S.C14H14N2O4S.C10H8NOS.C9H11NOS.C7H7NO2S.2Y/c22-16-3-1-14(2-4-16)10-23-20(27)18-13-29-21-17(19(18)26)9-15(11-24-21)12-25-5-7-28-8-6-25;17-12-10-5-9(7-16-1-3-20-4-2-16)6-15-13(10)21-8-11(12)14(18)19;1-6-3-8-9(12)7(2)5-13-10(8)11-4-6;1-3-8(11)7-4-6(2)5-10-9(7)12;1-4-2-5(7(9)10)6(11)8-3-4;;/h1-4,9,11,13H,5-8,10,12H2,(H,23,27);5-6,8H,1-4,7H2,(H,18,19);3-5H,1H2,2H3;4-5H,3H2,1-2H3,(H,10,12);2-3H,1H3,(H,8,11)(H,9,10);;/q;;-1;;;;. The number of nitrogens with zero attached hydrogens (tertiary/aromatic N) is 5. The average molecular weight is 1450 g/mol. The number of pyridine rings is 5. The Morgan fingerprint density at radius 1 is 0.625 bits per heavy atom. The van der Waals surface area contributed by atoms with Crippen molar-refractivity contribution in [3.05, 3.63) is 215 Å². The molecule has 0 spiro atoms. The number of morpholine rings is 2. The van der Waals surface area contributed by atoms with Crippen molar-refractivity contribution in [1.29, 1.82) is 0 Å². The molecule has 11 rings (SSSR count). The maximum atomic E-state index is 12.9. The van der Waals surface area contributed by atoms with E-state index in [0.717, 1.165) is 70.0 Å². The van der Waals surface area contributed by atoms with Crippen LogP contribution in [0.5, 0.6) is 0 Å². The summed E-state index contributed by atoms with van der Waals surface area (Å²) in [5.74, 6) is -2.48. The van der Waals surface area contributed by atoms with Crippen molar-refractivity contribution in [3.63, 3.8) is 0 Å². The fourth-order valence-corrected chi connectivity index (χ4v) is 11.4. The van der Waals surface area contributed by atoms with Gasteiger partial charge in [-0.25, -0.2) is 19.6 Å². The van der Waals surface area contributed by atoms with E-state index in [1.165, 1.54) is 39.4 Å². The van der Waals surface area contributed by atoms with Crippen LogP contribution in [0, 0.1) is 37.0 Å². The Balaban J connectivity index is 0.000000211. The predicted octanol–water partition coefficient (Wildman–Crippen LogP) is 10.8. The van der Waals surface area contributed by atoms with Crippen LogP contribution in [0.15, 0.2) is 116 Å². The molecule has 1 aromatic carbocycles. The summed E-state index contributed by atoms with van der Waals surface area (Å²) in [4.78, 5) is 107. The van der Waals surface area contributed by atoms with Crippen LogP contribution in [0.25, 0.3) is 30.6 Å². The molecule has 2 aliphatic heterocycles. The Hall–Kier alpha value is -5.41. The van der Waals surface area contributed by atoms with E-state index < -0.39 is 17.4 Å². The molecular formula is C61H60ClN8O11S5Y2-. The third-order valence-corrected chi connectivity index (χ3v) is 16.8. The van der Waals surface area contributed by atoms with Crippen molar-refractivity contribution < 1.29 is 104 Å². The first-order valence-electron chi connectivity index (χ1n) is 26.7. The van der Waals surface area contributed by atoms with Gasteiger partial charge >= 0.3 is 11.9 Å². The van der Waals surface area contributed by atoms with Crippen LogP contribution in [0.1, 0.15) is 93.7 Å². The monoisotopic (exact) mass is 1450 g/mol. The van der Waals surface area contributed by atoms with E-state index in [0.29, 0.717) is 93.5 Å². The molecule has 0 unspecified atom stereocenters. The number of H-pyrrole nitrogens is 2. The molecule has 0 saturated carbocycles. The number of rotatable bonds is 11. The largest absolute Gasteiger partial charge is 0.478 e. The number of ketones is 1. The topological polar surface area (TPSA) is 267 Å². The fourth-order valence-electron chi connectivity index (χ4n) is 8.43. The van der Waals surface area contributed by atoms with Crippen molar-refractivity contribution >= 4 is 124 Å². The summed E-state index contributed by atoms with van der Waals surface area (Å²) in [6.45, 7) is 19.1. The number of aromatic amines is 2. The van der Waals surface area contributed by atoms with Gasteiger partial charge in [0.2, 0.25) is 10.9 Å². The van der Waals surface area contributed by atoms with Crippen LogP contribution in [0.2, 0.25) is 5.02 Å². The van der Waals surface area contributed by atoms with Crippen LogP contribution in [0.4, 0.5) is 0 Å². The molecule has 2 aliphatic rings. The van der Waals surface area contributed by atoms with E-state index in [-0.39, 0.29) is 109 Å². The molecule has 88 heavy (non-hydrogen) atoms. The molecule has 2 fully saturated rings.